The molecule has 0 unspecified atom stereocenters. The highest BCUT2D eigenvalue weighted by Crippen LogP contribution is 2.23. The van der Waals surface area contributed by atoms with Gasteiger partial charge in [-0.25, -0.2) is 4.98 Å². The molecule has 1 aromatic carbocycles. The summed E-state index contributed by atoms with van der Waals surface area (Å²) in [6.07, 6.45) is 3.06. The molecule has 1 fully saturated rings. The molecule has 4 heterocycles. The smallest absolute Gasteiger partial charge is 0.258 e. The summed E-state index contributed by atoms with van der Waals surface area (Å²) in [5.41, 5.74) is 1.15. The minimum Gasteiger partial charge on any atom is -0.355 e. The maximum atomic E-state index is 13.0. The Labute approximate surface area is 177 Å². The molecule has 1 aliphatic heterocycles. The fraction of sp³-hybridized carbons (Fsp3) is 0.333. The van der Waals surface area contributed by atoms with E-state index in [-0.39, 0.29) is 23.9 Å². The Morgan fingerprint density at radius 2 is 2.00 bits per heavy atom. The highest BCUT2D eigenvalue weighted by molar-refractivity contribution is 5.79. The third-order valence-corrected chi connectivity index (χ3v) is 5.74. The molecule has 4 aromatic rings. The van der Waals surface area contributed by atoms with Crippen LogP contribution < -0.4 is 10.5 Å². The van der Waals surface area contributed by atoms with Crippen molar-refractivity contribution < 1.29 is 4.79 Å². The number of aromatic nitrogens is 6. The van der Waals surface area contributed by atoms with Crippen LogP contribution >= 0.6 is 0 Å². The number of piperidine rings is 1. The van der Waals surface area contributed by atoms with Gasteiger partial charge in [-0.3, -0.25) is 9.59 Å². The van der Waals surface area contributed by atoms with Gasteiger partial charge >= 0.3 is 0 Å². The van der Waals surface area contributed by atoms with Gasteiger partial charge in [0.05, 0.1) is 17.4 Å². The van der Waals surface area contributed by atoms with E-state index < -0.39 is 0 Å². The Bertz CT molecular complexity index is 1310. The molecule has 158 valence electrons. The lowest BCUT2D eigenvalue weighted by Gasteiger charge is -2.33. The van der Waals surface area contributed by atoms with Gasteiger partial charge in [0.2, 0.25) is 5.91 Å². The van der Waals surface area contributed by atoms with E-state index in [0.29, 0.717) is 22.4 Å². The molecule has 1 N–H and O–H groups in total. The van der Waals surface area contributed by atoms with E-state index >= 15 is 0 Å². The fourth-order valence-electron chi connectivity index (χ4n) is 4.07. The number of rotatable bonds is 4. The molecule has 1 aliphatic rings. The van der Waals surface area contributed by atoms with Crippen LogP contribution in [0.25, 0.3) is 16.6 Å². The third-order valence-electron chi connectivity index (χ3n) is 5.74. The van der Waals surface area contributed by atoms with Gasteiger partial charge in [-0.1, -0.05) is 12.1 Å². The molecular weight excluding hydrogens is 396 g/mol. The quantitative estimate of drug-likeness (QED) is 0.530. The summed E-state index contributed by atoms with van der Waals surface area (Å²) in [6, 6.07) is 11.0. The van der Waals surface area contributed by atoms with Crippen LogP contribution in [0.3, 0.4) is 0 Å². The van der Waals surface area contributed by atoms with Crippen LogP contribution in [-0.2, 0) is 11.3 Å². The molecule has 0 radical (unpaired) electrons. The second-order valence-corrected chi connectivity index (χ2v) is 7.81. The lowest BCUT2D eigenvalue weighted by Crippen LogP contribution is -2.41. The zero-order valence-electron chi connectivity index (χ0n) is 17.1. The number of aromatic amines is 1. The summed E-state index contributed by atoms with van der Waals surface area (Å²) >= 11 is 0. The van der Waals surface area contributed by atoms with Crippen LogP contribution in [0, 0.1) is 5.92 Å². The van der Waals surface area contributed by atoms with Gasteiger partial charge < -0.3 is 14.8 Å². The first-order valence-electron chi connectivity index (χ1n) is 10.2. The maximum absolute atomic E-state index is 13.0. The van der Waals surface area contributed by atoms with Gasteiger partial charge in [-0.15, -0.1) is 15.3 Å². The number of carbonyl (C=O) groups excluding carboxylic acids is 1. The third kappa shape index (κ3) is 3.72. The number of anilines is 1. The average Bonchev–Trinajstić information content (AvgIpc) is 3.27. The summed E-state index contributed by atoms with van der Waals surface area (Å²) in [4.78, 5) is 36.4. The summed E-state index contributed by atoms with van der Waals surface area (Å²) < 4.78 is 1.65. The number of carbonyl (C=O) groups is 1. The van der Waals surface area contributed by atoms with Crippen LogP contribution in [0.1, 0.15) is 18.7 Å². The van der Waals surface area contributed by atoms with Crippen molar-refractivity contribution in [3.8, 4) is 0 Å². The van der Waals surface area contributed by atoms with E-state index in [0.717, 1.165) is 31.7 Å². The number of nitrogens with one attached hydrogen (secondary N) is 1. The van der Waals surface area contributed by atoms with Gasteiger partial charge in [0.1, 0.15) is 18.0 Å². The predicted molar refractivity (Wildman–Crippen MR) is 115 cm³/mol. The number of hydrogen-bond acceptors (Lipinski definition) is 7. The largest absolute Gasteiger partial charge is 0.355 e. The zero-order chi connectivity index (χ0) is 21.4. The summed E-state index contributed by atoms with van der Waals surface area (Å²) in [5.74, 6) is 1.35. The van der Waals surface area contributed by atoms with Crippen molar-refractivity contribution in [2.24, 2.45) is 5.92 Å². The molecule has 3 aromatic heterocycles. The standard InChI is InChI=1S/C21H22N8O2/c1-27(12-17-23-16-5-3-2-4-15(16)20(30)24-17)21(31)14-8-10-28(11-9-14)19-7-6-18-25-22-13-29(18)26-19/h2-7,13-14H,8-12H2,1H3,(H,23,24,30). The molecule has 0 spiro atoms. The summed E-state index contributed by atoms with van der Waals surface area (Å²) in [7, 11) is 1.76. The molecule has 0 atom stereocenters. The Morgan fingerprint density at radius 3 is 2.84 bits per heavy atom. The van der Waals surface area contributed by atoms with Crippen LogP contribution in [0.15, 0.2) is 47.5 Å². The Kier molecular flexibility index (Phi) is 4.81. The molecule has 1 saturated heterocycles. The lowest BCUT2D eigenvalue weighted by molar-refractivity contribution is -0.135. The molecular formula is C21H22N8O2. The minimum absolute atomic E-state index is 0.0629. The van der Waals surface area contributed by atoms with Crippen molar-refractivity contribution in [3.63, 3.8) is 0 Å². The van der Waals surface area contributed by atoms with Crippen LogP contribution in [-0.4, -0.2) is 60.7 Å². The lowest BCUT2D eigenvalue weighted by atomic mass is 9.95. The Hall–Kier alpha value is -3.82. The van der Waals surface area contributed by atoms with E-state index in [1.54, 1.807) is 41.0 Å². The topological polar surface area (TPSA) is 112 Å². The number of para-hydroxylation sites is 1. The highest BCUT2D eigenvalue weighted by atomic mass is 16.2. The summed E-state index contributed by atoms with van der Waals surface area (Å²) in [5, 5.41) is 12.9. The second-order valence-electron chi connectivity index (χ2n) is 7.81. The van der Waals surface area contributed by atoms with Gasteiger partial charge in [-0.2, -0.15) is 4.52 Å². The van der Waals surface area contributed by atoms with Crippen molar-refractivity contribution in [1.29, 1.82) is 0 Å². The normalized spacial score (nSPS) is 14.9. The first kappa shape index (κ1) is 19.2. The molecule has 5 rings (SSSR count). The maximum Gasteiger partial charge on any atom is 0.258 e. The number of amides is 1. The fourth-order valence-corrected chi connectivity index (χ4v) is 4.07. The van der Waals surface area contributed by atoms with Crippen molar-refractivity contribution in [2.75, 3.05) is 25.0 Å². The molecule has 31 heavy (non-hydrogen) atoms. The van der Waals surface area contributed by atoms with Crippen molar-refractivity contribution >= 4 is 28.3 Å². The molecule has 0 saturated carbocycles. The van der Waals surface area contributed by atoms with Crippen LogP contribution in [0.2, 0.25) is 0 Å². The molecule has 10 heteroatoms. The average molecular weight is 418 g/mol. The summed E-state index contributed by atoms with van der Waals surface area (Å²) in [6.45, 7) is 1.76. The second kappa shape index (κ2) is 7.78. The van der Waals surface area contributed by atoms with Crippen molar-refractivity contribution in [1.82, 2.24) is 34.7 Å². The number of hydrogen-bond donors (Lipinski definition) is 1. The van der Waals surface area contributed by atoms with Crippen molar-refractivity contribution in [2.45, 2.75) is 19.4 Å². The van der Waals surface area contributed by atoms with E-state index in [2.05, 4.69) is 30.2 Å². The number of fused-ring (bicyclic) bond motifs is 2. The number of nitrogens with zero attached hydrogens (tertiary/aromatic N) is 7. The first-order chi connectivity index (χ1) is 15.1. The van der Waals surface area contributed by atoms with E-state index in [4.69, 9.17) is 0 Å². The minimum atomic E-state index is -0.188. The molecule has 10 nitrogen and oxygen atoms in total. The van der Waals surface area contributed by atoms with E-state index in [9.17, 15) is 9.59 Å². The van der Waals surface area contributed by atoms with Crippen molar-refractivity contribution in [3.05, 3.63) is 58.9 Å². The monoisotopic (exact) mass is 418 g/mol. The predicted octanol–water partition coefficient (Wildman–Crippen LogP) is 1.24. The number of H-pyrrole nitrogens is 1. The van der Waals surface area contributed by atoms with E-state index in [1.807, 2.05) is 18.2 Å². The Morgan fingerprint density at radius 1 is 1.19 bits per heavy atom. The highest BCUT2D eigenvalue weighted by Gasteiger charge is 2.28. The molecule has 0 aliphatic carbocycles. The Balaban J connectivity index is 1.23. The van der Waals surface area contributed by atoms with Gasteiger partial charge in [0.15, 0.2) is 5.65 Å². The molecule has 1 amide bonds. The molecule has 0 bridgehead atoms. The first-order valence-corrected chi connectivity index (χ1v) is 10.2. The van der Waals surface area contributed by atoms with Crippen LogP contribution in [0.4, 0.5) is 5.82 Å². The van der Waals surface area contributed by atoms with Gasteiger partial charge in [0, 0.05) is 26.1 Å². The van der Waals surface area contributed by atoms with Gasteiger partial charge in [-0.05, 0) is 37.1 Å². The van der Waals surface area contributed by atoms with Crippen LogP contribution in [0.5, 0.6) is 0 Å². The zero-order valence-corrected chi connectivity index (χ0v) is 17.1. The van der Waals surface area contributed by atoms with E-state index in [1.165, 1.54) is 0 Å². The number of benzene rings is 1. The van der Waals surface area contributed by atoms with Gasteiger partial charge in [0.25, 0.3) is 5.56 Å². The SMILES string of the molecule is CN(Cc1nc2ccccc2c(=O)[nH]1)C(=O)C1CCN(c2ccc3nncn3n2)CC1.